The molecule has 55 heavy (non-hydrogen) atoms. The van der Waals surface area contributed by atoms with Crippen LogP contribution in [0.2, 0.25) is 0 Å². The molecule has 1 heterocycles. The number of hydrogen-bond donors (Lipinski definition) is 0. The lowest BCUT2D eigenvalue weighted by Crippen LogP contribution is -3.00. The molecule has 0 atom stereocenters. The standard InChI is InChI=1S/C37H78N.C14H28N2.BrH/c1-5-8-11-14-17-20-23-26-29-32-35-38(4,36-33-30-27-24-21-18-15-12-9-6-2)37-34-31-28-25-22-19-16-13-10-7-3;1-3-4-5-6-7-8-9-10-11-16-13-12-15(2)14-16;/h5-37H2,1-4H3;12-13H,3-11,14H2,1-2H3;1H/q+1;;/p-1. The third kappa shape index (κ3) is 43.2. The predicted molar refractivity (Wildman–Crippen MR) is 247 cm³/mol. The van der Waals surface area contributed by atoms with E-state index in [-0.39, 0.29) is 17.0 Å². The Labute approximate surface area is 360 Å². The van der Waals surface area contributed by atoms with Crippen LogP contribution < -0.4 is 17.0 Å². The average molecular weight is 841 g/mol. The molecule has 0 radical (unpaired) electrons. The summed E-state index contributed by atoms with van der Waals surface area (Å²) in [5.41, 5.74) is 0. The maximum Gasteiger partial charge on any atom is 0.0890 e. The SMILES string of the molecule is CCCCCCCCCCCC[N+](C)(CCCCCCCCCCCC)CCCCCCCCCCCC.CCCCCCCCCCN1C=CN(C)C1.[Br-]. The Morgan fingerprint density at radius 1 is 0.345 bits per heavy atom. The van der Waals surface area contributed by atoms with E-state index >= 15 is 0 Å². The molecule has 3 nitrogen and oxygen atoms in total. The van der Waals surface area contributed by atoms with Gasteiger partial charge in [-0.3, -0.25) is 0 Å². The molecule has 0 aromatic rings. The van der Waals surface area contributed by atoms with Crippen molar-refractivity contribution in [1.29, 1.82) is 0 Å². The van der Waals surface area contributed by atoms with Gasteiger partial charge in [-0.1, -0.05) is 227 Å². The van der Waals surface area contributed by atoms with Crippen LogP contribution in [0.1, 0.15) is 272 Å². The molecule has 1 aliphatic rings. The fraction of sp³-hybridized carbons (Fsp3) is 0.961. The molecule has 0 aromatic heterocycles. The monoisotopic (exact) mass is 840 g/mol. The summed E-state index contributed by atoms with van der Waals surface area (Å²) in [5.74, 6) is 0. The molecule has 0 amide bonds. The maximum atomic E-state index is 2.61. The summed E-state index contributed by atoms with van der Waals surface area (Å²) in [4.78, 5) is 4.63. The van der Waals surface area contributed by atoms with Crippen molar-refractivity contribution in [2.45, 2.75) is 272 Å². The third-order valence-electron chi connectivity index (χ3n) is 12.4. The molecule has 0 saturated heterocycles. The number of nitrogens with zero attached hydrogens (tertiary/aromatic N) is 3. The largest absolute Gasteiger partial charge is 1.00 e. The van der Waals surface area contributed by atoms with E-state index in [9.17, 15) is 0 Å². The lowest BCUT2D eigenvalue weighted by Gasteiger charge is -2.35. The van der Waals surface area contributed by atoms with E-state index in [2.05, 4.69) is 64.0 Å². The Hall–Kier alpha value is -0.220. The third-order valence-corrected chi connectivity index (χ3v) is 12.4. The fourth-order valence-corrected chi connectivity index (χ4v) is 8.46. The highest BCUT2D eigenvalue weighted by Crippen LogP contribution is 2.18. The zero-order valence-corrected chi connectivity index (χ0v) is 40.9. The summed E-state index contributed by atoms with van der Waals surface area (Å²) in [7, 11) is 4.74. The van der Waals surface area contributed by atoms with Crippen LogP contribution in [0.15, 0.2) is 12.4 Å². The van der Waals surface area contributed by atoms with Crippen molar-refractivity contribution in [3.8, 4) is 0 Å². The summed E-state index contributed by atoms with van der Waals surface area (Å²) in [6, 6.07) is 0. The number of rotatable bonds is 42. The van der Waals surface area contributed by atoms with Gasteiger partial charge in [0.2, 0.25) is 0 Å². The number of halogens is 1. The first-order valence-electron chi connectivity index (χ1n) is 25.5. The zero-order chi connectivity index (χ0) is 39.5. The van der Waals surface area contributed by atoms with E-state index in [1.165, 1.54) is 275 Å². The second-order valence-electron chi connectivity index (χ2n) is 18.3. The maximum absolute atomic E-state index is 2.61. The summed E-state index contributed by atoms with van der Waals surface area (Å²) in [5, 5.41) is 0. The summed E-state index contributed by atoms with van der Waals surface area (Å²) in [6.45, 7) is 15.9. The Morgan fingerprint density at radius 3 is 0.818 bits per heavy atom. The summed E-state index contributed by atoms with van der Waals surface area (Å²) in [6.07, 6.45) is 59.4. The summed E-state index contributed by atoms with van der Waals surface area (Å²) < 4.78 is 1.37. The minimum Gasteiger partial charge on any atom is -1.00 e. The fourth-order valence-electron chi connectivity index (χ4n) is 8.46. The van der Waals surface area contributed by atoms with Crippen molar-refractivity contribution in [2.24, 2.45) is 0 Å². The molecule has 0 unspecified atom stereocenters. The first-order chi connectivity index (χ1) is 26.5. The molecular weight excluding hydrogens is 734 g/mol. The minimum atomic E-state index is 0. The second-order valence-corrected chi connectivity index (χ2v) is 18.3. The van der Waals surface area contributed by atoms with E-state index in [0.717, 1.165) is 6.67 Å². The molecule has 0 spiro atoms. The molecule has 0 bridgehead atoms. The molecule has 0 aromatic carbocycles. The molecule has 1 aliphatic heterocycles. The normalized spacial score (nSPS) is 12.7. The van der Waals surface area contributed by atoms with E-state index in [1.807, 2.05) is 0 Å². The van der Waals surface area contributed by atoms with Crippen LogP contribution in [0.3, 0.4) is 0 Å². The Kier molecular flexibility index (Phi) is 48.1. The molecule has 332 valence electrons. The van der Waals surface area contributed by atoms with Gasteiger partial charge < -0.3 is 31.3 Å². The van der Waals surface area contributed by atoms with Gasteiger partial charge in [-0.2, -0.15) is 0 Å². The number of quaternary nitrogens is 1. The van der Waals surface area contributed by atoms with Crippen LogP contribution in [0.25, 0.3) is 0 Å². The minimum absolute atomic E-state index is 0. The van der Waals surface area contributed by atoms with Gasteiger partial charge in [0.1, 0.15) is 0 Å². The van der Waals surface area contributed by atoms with Gasteiger partial charge in [0.05, 0.1) is 33.4 Å². The van der Waals surface area contributed by atoms with Crippen molar-refractivity contribution in [3.63, 3.8) is 0 Å². The molecule has 0 aliphatic carbocycles. The van der Waals surface area contributed by atoms with E-state index in [0.29, 0.717) is 0 Å². The van der Waals surface area contributed by atoms with Crippen LogP contribution in [0.5, 0.6) is 0 Å². The molecule has 1 rings (SSSR count). The zero-order valence-electron chi connectivity index (χ0n) is 39.3. The summed E-state index contributed by atoms with van der Waals surface area (Å²) >= 11 is 0. The Balaban J connectivity index is 0. The van der Waals surface area contributed by atoms with Crippen molar-refractivity contribution >= 4 is 0 Å². The quantitative estimate of drug-likeness (QED) is 0.0446. The van der Waals surface area contributed by atoms with Gasteiger partial charge in [-0.05, 0) is 44.9 Å². The second kappa shape index (κ2) is 46.5. The van der Waals surface area contributed by atoms with Crippen LogP contribution in [-0.2, 0) is 0 Å². The molecular formula is C51H106BrN3. The first kappa shape index (κ1) is 56.9. The van der Waals surface area contributed by atoms with Gasteiger partial charge in [-0.25, -0.2) is 0 Å². The number of unbranched alkanes of at least 4 members (excludes halogenated alkanes) is 34. The topological polar surface area (TPSA) is 6.48 Å². The Morgan fingerprint density at radius 2 is 0.582 bits per heavy atom. The smallest absolute Gasteiger partial charge is 0.0890 e. The first-order valence-corrected chi connectivity index (χ1v) is 25.5. The van der Waals surface area contributed by atoms with E-state index in [1.54, 1.807) is 0 Å². The molecule has 0 fully saturated rings. The highest BCUT2D eigenvalue weighted by Gasteiger charge is 2.20. The van der Waals surface area contributed by atoms with Crippen LogP contribution in [-0.4, -0.2) is 61.2 Å². The lowest BCUT2D eigenvalue weighted by molar-refractivity contribution is -0.910. The Bertz CT molecular complexity index is 667. The lowest BCUT2D eigenvalue weighted by atomic mass is 10.0. The van der Waals surface area contributed by atoms with Gasteiger partial charge in [-0.15, -0.1) is 0 Å². The van der Waals surface area contributed by atoms with E-state index in [4.69, 9.17) is 0 Å². The van der Waals surface area contributed by atoms with Crippen LogP contribution in [0.4, 0.5) is 0 Å². The van der Waals surface area contributed by atoms with Gasteiger partial charge in [0, 0.05) is 26.0 Å². The predicted octanol–water partition coefficient (Wildman–Crippen LogP) is 14.0. The highest BCUT2D eigenvalue weighted by atomic mass is 79.9. The van der Waals surface area contributed by atoms with Crippen molar-refractivity contribution in [1.82, 2.24) is 9.80 Å². The van der Waals surface area contributed by atoms with Crippen LogP contribution in [0, 0.1) is 0 Å². The van der Waals surface area contributed by atoms with Gasteiger partial charge in [0.25, 0.3) is 0 Å². The van der Waals surface area contributed by atoms with Gasteiger partial charge in [0.15, 0.2) is 0 Å². The van der Waals surface area contributed by atoms with E-state index < -0.39 is 0 Å². The molecule has 0 saturated carbocycles. The van der Waals surface area contributed by atoms with Crippen molar-refractivity contribution in [3.05, 3.63) is 12.4 Å². The van der Waals surface area contributed by atoms with Crippen molar-refractivity contribution in [2.75, 3.05) is 46.9 Å². The molecule has 4 heteroatoms. The average Bonchev–Trinajstić information content (AvgIpc) is 3.59. The highest BCUT2D eigenvalue weighted by molar-refractivity contribution is 4.88. The van der Waals surface area contributed by atoms with Crippen molar-refractivity contribution < 1.29 is 21.5 Å². The number of hydrogen-bond acceptors (Lipinski definition) is 2. The van der Waals surface area contributed by atoms with Gasteiger partial charge >= 0.3 is 0 Å². The van der Waals surface area contributed by atoms with Crippen LogP contribution >= 0.6 is 0 Å². The molecule has 0 N–H and O–H groups in total.